The topological polar surface area (TPSA) is 0 Å². The highest BCUT2D eigenvalue weighted by Crippen LogP contribution is 2.32. The SMILES string of the molecule is C=CC(C)C(C)C(C)C(C)C(C)CC. The van der Waals surface area contributed by atoms with E-state index in [1.807, 2.05) is 0 Å². The van der Waals surface area contributed by atoms with Crippen LogP contribution in [0.2, 0.25) is 0 Å². The van der Waals surface area contributed by atoms with Crippen molar-refractivity contribution in [2.75, 3.05) is 0 Å². The first-order valence-corrected chi connectivity index (χ1v) is 6.08. The van der Waals surface area contributed by atoms with E-state index in [-0.39, 0.29) is 0 Å². The van der Waals surface area contributed by atoms with E-state index in [1.54, 1.807) is 0 Å². The van der Waals surface area contributed by atoms with Crippen LogP contribution in [0.3, 0.4) is 0 Å². The fraction of sp³-hybridized carbons (Fsp3) is 0.857. The lowest BCUT2D eigenvalue weighted by molar-refractivity contribution is 0.183. The molecule has 0 bridgehead atoms. The van der Waals surface area contributed by atoms with E-state index in [0.717, 1.165) is 23.7 Å². The molecule has 0 rings (SSSR count). The van der Waals surface area contributed by atoms with E-state index in [2.05, 4.69) is 54.2 Å². The summed E-state index contributed by atoms with van der Waals surface area (Å²) in [7, 11) is 0. The molecule has 0 heterocycles. The number of allylic oxidation sites excluding steroid dienone is 1. The third-order valence-corrected chi connectivity index (χ3v) is 4.40. The Labute approximate surface area is 90.8 Å². The lowest BCUT2D eigenvalue weighted by atomic mass is 9.73. The molecule has 0 radical (unpaired) electrons. The molecule has 0 N–H and O–H groups in total. The zero-order chi connectivity index (χ0) is 11.3. The van der Waals surface area contributed by atoms with Gasteiger partial charge in [0.1, 0.15) is 0 Å². The maximum absolute atomic E-state index is 3.89. The lowest BCUT2D eigenvalue weighted by Crippen LogP contribution is -2.25. The van der Waals surface area contributed by atoms with Crippen molar-refractivity contribution in [2.45, 2.75) is 48.0 Å². The second-order valence-corrected chi connectivity index (χ2v) is 5.06. The molecule has 0 saturated heterocycles. The first-order chi connectivity index (χ1) is 6.45. The summed E-state index contributed by atoms with van der Waals surface area (Å²) in [4.78, 5) is 0. The molecule has 5 unspecified atom stereocenters. The quantitative estimate of drug-likeness (QED) is 0.537. The molecule has 14 heavy (non-hydrogen) atoms. The molecule has 0 aliphatic heterocycles. The molecule has 0 aromatic carbocycles. The molecule has 0 nitrogen and oxygen atoms in total. The fourth-order valence-corrected chi connectivity index (χ4v) is 2.06. The third kappa shape index (κ3) is 3.48. The van der Waals surface area contributed by atoms with E-state index in [0.29, 0.717) is 5.92 Å². The van der Waals surface area contributed by atoms with Crippen molar-refractivity contribution < 1.29 is 0 Å². The van der Waals surface area contributed by atoms with Gasteiger partial charge in [-0.15, -0.1) is 6.58 Å². The molecule has 0 amide bonds. The Balaban J connectivity index is 4.29. The van der Waals surface area contributed by atoms with Crippen LogP contribution in [0, 0.1) is 29.6 Å². The van der Waals surface area contributed by atoms with Gasteiger partial charge in [-0.25, -0.2) is 0 Å². The highest BCUT2D eigenvalue weighted by molar-refractivity contribution is 4.84. The molecule has 0 heteroatoms. The average molecular weight is 196 g/mol. The summed E-state index contributed by atoms with van der Waals surface area (Å²) in [5.41, 5.74) is 0. The predicted molar refractivity (Wildman–Crippen MR) is 66.3 cm³/mol. The van der Waals surface area contributed by atoms with Gasteiger partial charge in [-0.05, 0) is 29.6 Å². The van der Waals surface area contributed by atoms with Crippen LogP contribution in [-0.2, 0) is 0 Å². The summed E-state index contributed by atoms with van der Waals surface area (Å²) in [5, 5.41) is 0. The smallest absolute Gasteiger partial charge is 0.0236 e. The van der Waals surface area contributed by atoms with Crippen molar-refractivity contribution in [1.29, 1.82) is 0 Å². The van der Waals surface area contributed by atoms with Crippen LogP contribution in [0.15, 0.2) is 12.7 Å². The summed E-state index contributed by atoms with van der Waals surface area (Å²) < 4.78 is 0. The summed E-state index contributed by atoms with van der Waals surface area (Å²) in [6.45, 7) is 18.0. The van der Waals surface area contributed by atoms with Gasteiger partial charge in [0.25, 0.3) is 0 Å². The number of rotatable bonds is 6. The van der Waals surface area contributed by atoms with Crippen LogP contribution in [0.4, 0.5) is 0 Å². The summed E-state index contributed by atoms with van der Waals surface area (Å²) in [6.07, 6.45) is 3.38. The van der Waals surface area contributed by atoms with Crippen molar-refractivity contribution in [2.24, 2.45) is 29.6 Å². The van der Waals surface area contributed by atoms with Crippen LogP contribution in [-0.4, -0.2) is 0 Å². The first kappa shape index (κ1) is 13.7. The maximum Gasteiger partial charge on any atom is -0.0236 e. The highest BCUT2D eigenvalue weighted by Gasteiger charge is 2.24. The summed E-state index contributed by atoms with van der Waals surface area (Å²) in [5.74, 6) is 3.83. The number of hydrogen-bond acceptors (Lipinski definition) is 0. The van der Waals surface area contributed by atoms with Gasteiger partial charge in [0.2, 0.25) is 0 Å². The average Bonchev–Trinajstić information content (AvgIpc) is 2.23. The second-order valence-electron chi connectivity index (χ2n) is 5.06. The minimum absolute atomic E-state index is 0.636. The monoisotopic (exact) mass is 196 g/mol. The zero-order valence-corrected chi connectivity index (χ0v) is 10.9. The van der Waals surface area contributed by atoms with Gasteiger partial charge in [-0.1, -0.05) is 54.0 Å². The van der Waals surface area contributed by atoms with E-state index < -0.39 is 0 Å². The highest BCUT2D eigenvalue weighted by atomic mass is 14.3. The number of hydrogen-bond donors (Lipinski definition) is 0. The van der Waals surface area contributed by atoms with Crippen molar-refractivity contribution in [3.05, 3.63) is 12.7 Å². The molecule has 0 aliphatic carbocycles. The van der Waals surface area contributed by atoms with Gasteiger partial charge in [0.15, 0.2) is 0 Å². The Bertz CT molecular complexity index is 159. The van der Waals surface area contributed by atoms with E-state index in [1.165, 1.54) is 6.42 Å². The Kier molecular flexibility index (Phi) is 6.15. The van der Waals surface area contributed by atoms with Crippen molar-refractivity contribution in [3.8, 4) is 0 Å². The molecule has 0 aromatic rings. The normalized spacial score (nSPS) is 22.1. The maximum atomic E-state index is 3.89. The predicted octanol–water partition coefficient (Wildman–Crippen LogP) is 4.76. The van der Waals surface area contributed by atoms with Crippen LogP contribution >= 0.6 is 0 Å². The van der Waals surface area contributed by atoms with Crippen LogP contribution in [0.5, 0.6) is 0 Å². The summed E-state index contributed by atoms with van der Waals surface area (Å²) in [6, 6.07) is 0. The molecule has 84 valence electrons. The van der Waals surface area contributed by atoms with E-state index >= 15 is 0 Å². The third-order valence-electron chi connectivity index (χ3n) is 4.40. The van der Waals surface area contributed by atoms with Crippen LogP contribution in [0.25, 0.3) is 0 Å². The minimum Gasteiger partial charge on any atom is -0.103 e. The zero-order valence-electron chi connectivity index (χ0n) is 10.9. The fourth-order valence-electron chi connectivity index (χ4n) is 2.06. The van der Waals surface area contributed by atoms with E-state index in [9.17, 15) is 0 Å². The molecular weight excluding hydrogens is 168 g/mol. The van der Waals surface area contributed by atoms with Crippen LogP contribution in [0.1, 0.15) is 48.0 Å². The molecule has 5 atom stereocenters. The molecular formula is C14H28. The summed E-state index contributed by atoms with van der Waals surface area (Å²) >= 11 is 0. The lowest BCUT2D eigenvalue weighted by Gasteiger charge is -2.32. The molecule has 0 aromatic heterocycles. The van der Waals surface area contributed by atoms with Gasteiger partial charge < -0.3 is 0 Å². The Morgan fingerprint density at radius 2 is 1.43 bits per heavy atom. The van der Waals surface area contributed by atoms with Gasteiger partial charge >= 0.3 is 0 Å². The van der Waals surface area contributed by atoms with Crippen molar-refractivity contribution in [1.82, 2.24) is 0 Å². The molecule has 0 saturated carbocycles. The Morgan fingerprint density at radius 3 is 1.79 bits per heavy atom. The molecule has 0 spiro atoms. The van der Waals surface area contributed by atoms with Crippen LogP contribution < -0.4 is 0 Å². The van der Waals surface area contributed by atoms with Gasteiger partial charge in [0.05, 0.1) is 0 Å². The van der Waals surface area contributed by atoms with Crippen molar-refractivity contribution >= 4 is 0 Å². The Morgan fingerprint density at radius 1 is 0.929 bits per heavy atom. The van der Waals surface area contributed by atoms with Crippen molar-refractivity contribution in [3.63, 3.8) is 0 Å². The van der Waals surface area contributed by atoms with E-state index in [4.69, 9.17) is 0 Å². The largest absolute Gasteiger partial charge is 0.103 e. The standard InChI is InChI=1S/C14H28/c1-8-10(3)12(5)14(7)13(6)11(4)9-2/h8,10-14H,1,9H2,2-7H3. The van der Waals surface area contributed by atoms with Gasteiger partial charge in [-0.3, -0.25) is 0 Å². The Hall–Kier alpha value is -0.260. The molecule has 0 fully saturated rings. The van der Waals surface area contributed by atoms with Gasteiger partial charge in [-0.2, -0.15) is 0 Å². The second kappa shape index (κ2) is 6.27. The first-order valence-electron chi connectivity index (χ1n) is 6.08. The minimum atomic E-state index is 0.636. The van der Waals surface area contributed by atoms with Gasteiger partial charge in [0, 0.05) is 0 Å². The molecule has 0 aliphatic rings.